The first-order valence-electron chi connectivity index (χ1n) is 10.5. The third kappa shape index (κ3) is 5.33. The summed E-state index contributed by atoms with van der Waals surface area (Å²) in [6.07, 6.45) is 6.91. The first kappa shape index (κ1) is 23.6. The second-order valence-corrected chi connectivity index (χ2v) is 7.53. The van der Waals surface area contributed by atoms with Gasteiger partial charge in [-0.2, -0.15) is 5.10 Å². The molecule has 0 radical (unpaired) electrons. The van der Waals surface area contributed by atoms with Crippen LogP contribution in [0.4, 0.5) is 8.78 Å². The van der Waals surface area contributed by atoms with Gasteiger partial charge in [0.15, 0.2) is 23.0 Å². The van der Waals surface area contributed by atoms with Crippen LogP contribution in [0.5, 0.6) is 23.0 Å². The Hall–Kier alpha value is -4.59. The maximum atomic E-state index is 14.6. The van der Waals surface area contributed by atoms with Gasteiger partial charge in [-0.15, -0.1) is 0 Å². The Morgan fingerprint density at radius 2 is 1.34 bits per heavy atom. The fraction of sp³-hybridized carbons (Fsp3) is 0.0741. The van der Waals surface area contributed by atoms with Crippen LogP contribution in [0.3, 0.4) is 0 Å². The van der Waals surface area contributed by atoms with Gasteiger partial charge >= 0.3 is 0 Å². The molecule has 3 aromatic carbocycles. The van der Waals surface area contributed by atoms with Gasteiger partial charge in [0.05, 0.1) is 25.6 Å². The number of nitrogens with zero attached hydrogens (tertiary/aromatic N) is 2. The van der Waals surface area contributed by atoms with E-state index < -0.39 is 11.6 Å². The normalized spacial score (nSPS) is 11.4. The van der Waals surface area contributed by atoms with Crippen molar-refractivity contribution in [3.8, 4) is 28.7 Å². The highest BCUT2D eigenvalue weighted by atomic mass is 19.1. The zero-order chi connectivity index (χ0) is 24.9. The van der Waals surface area contributed by atoms with Crippen LogP contribution in [0.25, 0.3) is 30.0 Å². The highest BCUT2D eigenvalue weighted by molar-refractivity contribution is 5.74. The number of methoxy groups -OCH3 is 2. The van der Waals surface area contributed by atoms with Crippen molar-refractivity contribution in [2.24, 2.45) is 0 Å². The van der Waals surface area contributed by atoms with Gasteiger partial charge in [0.25, 0.3) is 0 Å². The molecule has 35 heavy (non-hydrogen) atoms. The Kier molecular flexibility index (Phi) is 6.82. The highest BCUT2D eigenvalue weighted by Crippen LogP contribution is 2.29. The van der Waals surface area contributed by atoms with E-state index >= 15 is 0 Å². The molecule has 0 saturated carbocycles. The third-order valence-corrected chi connectivity index (χ3v) is 5.19. The zero-order valence-corrected chi connectivity index (χ0v) is 18.9. The van der Waals surface area contributed by atoms with Crippen molar-refractivity contribution in [1.82, 2.24) is 9.78 Å². The lowest BCUT2D eigenvalue weighted by molar-refractivity contribution is 0.373. The molecule has 0 aliphatic carbocycles. The lowest BCUT2D eigenvalue weighted by atomic mass is 10.1. The topological polar surface area (TPSA) is 76.7 Å². The molecule has 0 saturated heterocycles. The first-order chi connectivity index (χ1) is 16.9. The average molecular weight is 476 g/mol. The van der Waals surface area contributed by atoms with Gasteiger partial charge in [-0.05, 0) is 65.7 Å². The minimum atomic E-state index is -0.630. The number of rotatable bonds is 7. The van der Waals surface area contributed by atoms with E-state index in [4.69, 9.17) is 9.47 Å². The number of halogens is 2. The minimum Gasteiger partial charge on any atom is -0.504 e. The molecule has 0 bridgehead atoms. The monoisotopic (exact) mass is 476 g/mol. The second kappa shape index (κ2) is 10.1. The summed E-state index contributed by atoms with van der Waals surface area (Å²) in [6, 6.07) is 14.6. The van der Waals surface area contributed by atoms with E-state index in [0.717, 1.165) is 29.3 Å². The maximum Gasteiger partial charge on any atom is 0.161 e. The van der Waals surface area contributed by atoms with Gasteiger partial charge < -0.3 is 19.7 Å². The van der Waals surface area contributed by atoms with Gasteiger partial charge in [0.1, 0.15) is 17.3 Å². The number of phenols is 2. The van der Waals surface area contributed by atoms with Crippen molar-refractivity contribution >= 4 is 24.3 Å². The van der Waals surface area contributed by atoms with E-state index in [1.165, 1.54) is 31.0 Å². The molecule has 0 unspecified atom stereocenters. The summed E-state index contributed by atoms with van der Waals surface area (Å²) in [5.74, 6) is -0.557. The van der Waals surface area contributed by atoms with Crippen molar-refractivity contribution in [2.75, 3.05) is 14.2 Å². The predicted octanol–water partition coefficient (Wildman–Crippen LogP) is 5.92. The molecule has 0 spiro atoms. The number of hydrogen-bond donors (Lipinski definition) is 2. The van der Waals surface area contributed by atoms with Gasteiger partial charge in [-0.3, -0.25) is 0 Å². The third-order valence-electron chi connectivity index (χ3n) is 5.19. The number of aromatic hydroxyl groups is 2. The molecule has 4 aromatic rings. The van der Waals surface area contributed by atoms with E-state index in [1.807, 2.05) is 0 Å². The minimum absolute atomic E-state index is 0.00908. The summed E-state index contributed by atoms with van der Waals surface area (Å²) in [6.45, 7) is 0. The maximum absolute atomic E-state index is 14.6. The van der Waals surface area contributed by atoms with Gasteiger partial charge in [-0.25, -0.2) is 13.5 Å². The molecule has 4 rings (SSSR count). The number of hydrogen-bond acceptors (Lipinski definition) is 5. The smallest absolute Gasteiger partial charge is 0.161 e. The Morgan fingerprint density at radius 1 is 0.743 bits per heavy atom. The van der Waals surface area contributed by atoms with Gasteiger partial charge in [-0.1, -0.05) is 24.3 Å². The molecule has 0 aliphatic rings. The van der Waals surface area contributed by atoms with Crippen molar-refractivity contribution in [1.29, 1.82) is 0 Å². The van der Waals surface area contributed by atoms with E-state index in [2.05, 4.69) is 5.10 Å². The quantitative estimate of drug-likeness (QED) is 0.346. The van der Waals surface area contributed by atoms with Crippen molar-refractivity contribution < 1.29 is 28.5 Å². The van der Waals surface area contributed by atoms with Crippen LogP contribution >= 0.6 is 0 Å². The molecule has 0 atom stereocenters. The molecular formula is C27H22F2N2O4. The summed E-state index contributed by atoms with van der Waals surface area (Å²) < 4.78 is 40.0. The first-order valence-corrected chi connectivity index (χ1v) is 10.5. The van der Waals surface area contributed by atoms with Crippen molar-refractivity contribution in [3.63, 3.8) is 0 Å². The molecule has 8 heteroatoms. The standard InChI is InChI=1S/C27H22F2N2O4/c1-34-26-13-17(5-11-24(26)32)3-8-20-16-21(9-4-18-6-12-25(33)27(14-18)35-2)31(30-20)23-15-19(28)7-10-22(23)29/h3-16,32-33H,1-2H3/b8-3+,9-4+. The van der Waals surface area contributed by atoms with Crippen LogP contribution in [0, 0.1) is 11.6 Å². The summed E-state index contributed by atoms with van der Waals surface area (Å²) in [5, 5.41) is 24.0. The van der Waals surface area contributed by atoms with E-state index in [0.29, 0.717) is 22.9 Å². The fourth-order valence-electron chi connectivity index (χ4n) is 3.41. The van der Waals surface area contributed by atoms with Gasteiger partial charge in [0, 0.05) is 6.07 Å². The SMILES string of the molecule is COc1cc(/C=C/c2cc(/C=C/c3ccc(O)c(OC)c3)n(-c3cc(F)ccc3F)n2)ccc1O. The van der Waals surface area contributed by atoms with Crippen molar-refractivity contribution in [2.45, 2.75) is 0 Å². The Balaban J connectivity index is 1.74. The molecule has 0 fully saturated rings. The fourth-order valence-corrected chi connectivity index (χ4v) is 3.41. The zero-order valence-electron chi connectivity index (χ0n) is 18.9. The molecule has 0 aliphatic heterocycles. The molecule has 1 aromatic heterocycles. The number of ether oxygens (including phenoxy) is 2. The largest absolute Gasteiger partial charge is 0.504 e. The van der Waals surface area contributed by atoms with Crippen LogP contribution in [0.15, 0.2) is 60.7 Å². The summed E-state index contributed by atoms with van der Waals surface area (Å²) in [4.78, 5) is 0. The molecule has 0 amide bonds. The summed E-state index contributed by atoms with van der Waals surface area (Å²) >= 11 is 0. The van der Waals surface area contributed by atoms with E-state index in [-0.39, 0.29) is 17.2 Å². The Labute approximate surface area is 200 Å². The molecule has 6 nitrogen and oxygen atoms in total. The Morgan fingerprint density at radius 3 is 1.94 bits per heavy atom. The van der Waals surface area contributed by atoms with Crippen LogP contribution in [-0.2, 0) is 0 Å². The van der Waals surface area contributed by atoms with Crippen LogP contribution in [0.2, 0.25) is 0 Å². The number of aromatic nitrogens is 2. The van der Waals surface area contributed by atoms with Crippen LogP contribution < -0.4 is 9.47 Å². The molecule has 178 valence electrons. The number of phenolic OH excluding ortho intramolecular Hbond substituents is 2. The average Bonchev–Trinajstić information content (AvgIpc) is 3.27. The number of benzene rings is 3. The predicted molar refractivity (Wildman–Crippen MR) is 131 cm³/mol. The lowest BCUT2D eigenvalue weighted by Gasteiger charge is -2.07. The summed E-state index contributed by atoms with van der Waals surface area (Å²) in [5.41, 5.74) is 2.41. The van der Waals surface area contributed by atoms with Crippen molar-refractivity contribution in [3.05, 3.63) is 94.8 Å². The molecule has 1 heterocycles. The second-order valence-electron chi connectivity index (χ2n) is 7.53. The summed E-state index contributed by atoms with van der Waals surface area (Å²) in [7, 11) is 2.91. The van der Waals surface area contributed by atoms with E-state index in [9.17, 15) is 19.0 Å². The Bertz CT molecular complexity index is 1430. The lowest BCUT2D eigenvalue weighted by Crippen LogP contribution is -2.02. The highest BCUT2D eigenvalue weighted by Gasteiger charge is 2.12. The molecule has 2 N–H and O–H groups in total. The van der Waals surface area contributed by atoms with E-state index in [1.54, 1.807) is 54.6 Å². The van der Waals surface area contributed by atoms with Crippen LogP contribution in [-0.4, -0.2) is 34.2 Å². The van der Waals surface area contributed by atoms with Gasteiger partial charge in [0.2, 0.25) is 0 Å². The van der Waals surface area contributed by atoms with Crippen LogP contribution in [0.1, 0.15) is 22.5 Å². The molecular weight excluding hydrogens is 454 g/mol.